The van der Waals surface area contributed by atoms with Crippen LogP contribution in [0.25, 0.3) is 0 Å². The zero-order valence-electron chi connectivity index (χ0n) is 11.1. The Morgan fingerprint density at radius 1 is 1.45 bits per heavy atom. The Labute approximate surface area is 125 Å². The molecule has 0 radical (unpaired) electrons. The lowest BCUT2D eigenvalue weighted by atomic mass is 10.2. The van der Waals surface area contributed by atoms with Gasteiger partial charge in [-0.15, -0.1) is 5.10 Å². The van der Waals surface area contributed by atoms with E-state index in [4.69, 9.17) is 0 Å². The number of carbonyl (C=O) groups is 1. The van der Waals surface area contributed by atoms with Gasteiger partial charge in [-0.25, -0.2) is 4.98 Å². The van der Waals surface area contributed by atoms with Crippen LogP contribution in [-0.2, 0) is 6.54 Å². The van der Waals surface area contributed by atoms with Crippen molar-refractivity contribution in [1.82, 2.24) is 20.1 Å². The second-order valence-corrected chi connectivity index (χ2v) is 5.85. The molecule has 0 spiro atoms. The molecule has 1 N–H and O–H groups in total. The summed E-state index contributed by atoms with van der Waals surface area (Å²) in [5, 5.41) is 6.69. The number of aryl methyl sites for hydroxylation is 1. The molecule has 3 rings (SSSR count). The van der Waals surface area contributed by atoms with Crippen molar-refractivity contribution in [3.63, 3.8) is 0 Å². The molecule has 6 heteroatoms. The van der Waals surface area contributed by atoms with E-state index in [1.807, 2.05) is 29.2 Å². The number of halogens is 1. The number of rotatable bonds is 4. The third-order valence-corrected chi connectivity index (χ3v) is 4.11. The molecule has 0 saturated heterocycles. The Morgan fingerprint density at radius 2 is 2.20 bits per heavy atom. The maximum absolute atomic E-state index is 12.5. The molecule has 1 aromatic carbocycles. The molecule has 1 heterocycles. The van der Waals surface area contributed by atoms with Gasteiger partial charge in [0.1, 0.15) is 5.82 Å². The highest BCUT2D eigenvalue weighted by molar-refractivity contribution is 9.10. The third kappa shape index (κ3) is 2.75. The summed E-state index contributed by atoms with van der Waals surface area (Å²) in [5.41, 5.74) is 1.10. The first-order valence-corrected chi connectivity index (χ1v) is 7.38. The van der Waals surface area contributed by atoms with E-state index in [9.17, 15) is 4.79 Å². The van der Waals surface area contributed by atoms with Crippen LogP contribution in [0.4, 0.5) is 0 Å². The van der Waals surface area contributed by atoms with Gasteiger partial charge in [0, 0.05) is 17.1 Å². The molecule has 0 bridgehead atoms. The third-order valence-electron chi connectivity index (χ3n) is 3.34. The molecule has 0 aliphatic heterocycles. The number of H-pyrrole nitrogens is 1. The average Bonchev–Trinajstić information content (AvgIpc) is 3.18. The minimum Gasteiger partial charge on any atom is -0.329 e. The van der Waals surface area contributed by atoms with Crippen molar-refractivity contribution in [2.45, 2.75) is 32.4 Å². The predicted molar refractivity (Wildman–Crippen MR) is 78.2 cm³/mol. The van der Waals surface area contributed by atoms with E-state index in [0.717, 1.165) is 22.9 Å². The van der Waals surface area contributed by atoms with E-state index in [-0.39, 0.29) is 11.7 Å². The monoisotopic (exact) mass is 334 g/mol. The molecule has 104 valence electrons. The summed E-state index contributed by atoms with van der Waals surface area (Å²) in [6.45, 7) is 2.37. The van der Waals surface area contributed by atoms with E-state index in [0.29, 0.717) is 18.4 Å². The Hall–Kier alpha value is -1.69. The van der Waals surface area contributed by atoms with Crippen LogP contribution in [0.15, 0.2) is 28.7 Å². The quantitative estimate of drug-likeness (QED) is 0.934. The maximum atomic E-state index is 12.5. The van der Waals surface area contributed by atoms with Crippen LogP contribution in [0.3, 0.4) is 0 Å². The Balaban J connectivity index is 1.83. The lowest BCUT2D eigenvalue weighted by Crippen LogP contribution is -2.33. The van der Waals surface area contributed by atoms with Crippen LogP contribution in [0.1, 0.15) is 34.8 Å². The second kappa shape index (κ2) is 5.36. The van der Waals surface area contributed by atoms with Gasteiger partial charge in [0.05, 0.1) is 0 Å². The minimum atomic E-state index is -0.104. The van der Waals surface area contributed by atoms with Crippen LogP contribution < -0.4 is 0 Å². The number of amides is 1. The number of hydrogen-bond donors (Lipinski definition) is 1. The Bertz CT molecular complexity index is 636. The summed E-state index contributed by atoms with van der Waals surface area (Å²) in [4.78, 5) is 18.5. The van der Waals surface area contributed by atoms with E-state index in [2.05, 4.69) is 31.1 Å². The minimum absolute atomic E-state index is 0.104. The fourth-order valence-corrected chi connectivity index (χ4v) is 2.54. The van der Waals surface area contributed by atoms with Crippen molar-refractivity contribution in [3.8, 4) is 0 Å². The topological polar surface area (TPSA) is 61.9 Å². The van der Waals surface area contributed by atoms with Gasteiger partial charge >= 0.3 is 0 Å². The summed E-state index contributed by atoms with van der Waals surface area (Å²) in [6, 6.07) is 8.27. The lowest BCUT2D eigenvalue weighted by molar-refractivity contribution is 0.0717. The molecule has 0 unspecified atom stereocenters. The number of nitrogens with zero attached hydrogens (tertiary/aromatic N) is 3. The molecule has 1 amide bonds. The second-order valence-electron chi connectivity index (χ2n) is 5.00. The van der Waals surface area contributed by atoms with Crippen molar-refractivity contribution in [3.05, 3.63) is 46.0 Å². The van der Waals surface area contributed by atoms with Crippen LogP contribution in [0.5, 0.6) is 0 Å². The zero-order chi connectivity index (χ0) is 14.1. The maximum Gasteiger partial charge on any atom is 0.294 e. The molecule has 20 heavy (non-hydrogen) atoms. The van der Waals surface area contributed by atoms with Gasteiger partial charge < -0.3 is 4.90 Å². The van der Waals surface area contributed by atoms with Crippen LogP contribution in [0, 0.1) is 6.92 Å². The number of carbonyl (C=O) groups excluding carboxylic acids is 1. The zero-order valence-corrected chi connectivity index (χ0v) is 12.7. The number of nitrogens with one attached hydrogen (secondary N) is 1. The van der Waals surface area contributed by atoms with Crippen LogP contribution in [0.2, 0.25) is 0 Å². The van der Waals surface area contributed by atoms with Gasteiger partial charge in [0.25, 0.3) is 5.91 Å². The van der Waals surface area contributed by atoms with Crippen LogP contribution in [-0.4, -0.2) is 32.0 Å². The number of hydrogen-bond acceptors (Lipinski definition) is 3. The highest BCUT2D eigenvalue weighted by atomic mass is 79.9. The molecule has 1 aliphatic carbocycles. The Kier molecular flexibility index (Phi) is 3.56. The molecule has 5 nitrogen and oxygen atoms in total. The van der Waals surface area contributed by atoms with Gasteiger partial charge in [0.15, 0.2) is 0 Å². The molecule has 1 fully saturated rings. The number of benzene rings is 1. The standard InChI is InChI=1S/C14H15BrN4O/c1-9-16-13(18-17-9)14(20)19(11-6-7-11)8-10-4-2-3-5-12(10)15/h2-5,11H,6-8H2,1H3,(H,16,17,18). The molecule has 2 aromatic rings. The average molecular weight is 335 g/mol. The first kappa shape index (κ1) is 13.3. The summed E-state index contributed by atoms with van der Waals surface area (Å²) in [6.07, 6.45) is 2.11. The highest BCUT2D eigenvalue weighted by Crippen LogP contribution is 2.30. The summed E-state index contributed by atoms with van der Waals surface area (Å²) in [7, 11) is 0. The largest absolute Gasteiger partial charge is 0.329 e. The summed E-state index contributed by atoms with van der Waals surface area (Å²) in [5.74, 6) is 0.805. The molecule has 1 aliphatic rings. The molecular formula is C14H15BrN4O. The van der Waals surface area contributed by atoms with Gasteiger partial charge in [0.2, 0.25) is 5.82 Å². The number of aromatic nitrogens is 3. The molecule has 1 aromatic heterocycles. The fourth-order valence-electron chi connectivity index (χ4n) is 2.13. The van der Waals surface area contributed by atoms with E-state index in [1.165, 1.54) is 0 Å². The van der Waals surface area contributed by atoms with Crippen molar-refractivity contribution in [2.24, 2.45) is 0 Å². The van der Waals surface area contributed by atoms with Crippen molar-refractivity contribution in [1.29, 1.82) is 0 Å². The van der Waals surface area contributed by atoms with Crippen molar-refractivity contribution in [2.75, 3.05) is 0 Å². The predicted octanol–water partition coefficient (Wildman–Crippen LogP) is 2.68. The summed E-state index contributed by atoms with van der Waals surface area (Å²) < 4.78 is 1.02. The van der Waals surface area contributed by atoms with Crippen molar-refractivity contribution < 1.29 is 4.79 Å². The molecule has 1 saturated carbocycles. The molecular weight excluding hydrogens is 320 g/mol. The SMILES string of the molecule is Cc1nc(C(=O)N(Cc2ccccc2Br)C2CC2)n[nH]1. The van der Waals surface area contributed by atoms with E-state index >= 15 is 0 Å². The normalized spacial score (nSPS) is 14.3. The first-order valence-electron chi connectivity index (χ1n) is 6.58. The van der Waals surface area contributed by atoms with Crippen LogP contribution >= 0.6 is 15.9 Å². The molecule has 0 atom stereocenters. The number of aromatic amines is 1. The van der Waals surface area contributed by atoms with Gasteiger partial charge in [-0.1, -0.05) is 34.1 Å². The van der Waals surface area contributed by atoms with Gasteiger partial charge in [-0.2, -0.15) is 0 Å². The van der Waals surface area contributed by atoms with E-state index in [1.54, 1.807) is 6.92 Å². The Morgan fingerprint density at radius 3 is 2.80 bits per heavy atom. The highest BCUT2D eigenvalue weighted by Gasteiger charge is 2.34. The van der Waals surface area contributed by atoms with E-state index < -0.39 is 0 Å². The van der Waals surface area contributed by atoms with Gasteiger partial charge in [-0.05, 0) is 31.4 Å². The van der Waals surface area contributed by atoms with Gasteiger partial charge in [-0.3, -0.25) is 9.89 Å². The smallest absolute Gasteiger partial charge is 0.294 e. The van der Waals surface area contributed by atoms with Crippen molar-refractivity contribution >= 4 is 21.8 Å². The summed E-state index contributed by atoms with van der Waals surface area (Å²) >= 11 is 3.53. The lowest BCUT2D eigenvalue weighted by Gasteiger charge is -2.21. The first-order chi connectivity index (χ1) is 9.65. The fraction of sp³-hybridized carbons (Fsp3) is 0.357.